The first-order chi connectivity index (χ1) is 9.13. The zero-order valence-electron chi connectivity index (χ0n) is 11.1. The third kappa shape index (κ3) is 3.04. The molecule has 0 bridgehead atoms. The molecular weight excluding hydrogens is 258 g/mol. The normalized spacial score (nSPS) is 19.0. The molecule has 1 heterocycles. The average Bonchev–Trinajstić information content (AvgIpc) is 2.46. The van der Waals surface area contributed by atoms with Crippen LogP contribution in [0, 0.1) is 0 Å². The zero-order valence-corrected chi connectivity index (χ0v) is 11.9. The smallest absolute Gasteiger partial charge is 0.242 e. The number of nitrogens with two attached hydrogens (primary N) is 1. The molecule has 19 heavy (non-hydrogen) atoms. The van der Waals surface area contributed by atoms with Crippen LogP contribution in [0.1, 0.15) is 24.8 Å². The Labute approximate surface area is 119 Å². The van der Waals surface area contributed by atoms with E-state index in [0.717, 1.165) is 37.1 Å². The maximum Gasteiger partial charge on any atom is 0.242 e. The number of likely N-dealkylation sites (N-methyl/N-ethyl adjacent to an activating group) is 1. The highest BCUT2D eigenvalue weighted by molar-refractivity contribution is 7.80. The highest BCUT2D eigenvalue weighted by atomic mass is 32.1. The molecule has 1 fully saturated rings. The maximum atomic E-state index is 11.9. The van der Waals surface area contributed by atoms with Gasteiger partial charge in [-0.05, 0) is 43.5 Å². The minimum Gasteiger partial charge on any atom is -0.389 e. The van der Waals surface area contributed by atoms with Crippen molar-refractivity contribution in [2.75, 3.05) is 18.5 Å². The number of nitrogens with one attached hydrogen (secondary N) is 1. The summed E-state index contributed by atoms with van der Waals surface area (Å²) in [5, 5.41) is 2.74. The molecule has 1 atom stereocenters. The van der Waals surface area contributed by atoms with Crippen LogP contribution >= 0.6 is 12.2 Å². The van der Waals surface area contributed by atoms with E-state index in [4.69, 9.17) is 18.0 Å². The third-order valence-electron chi connectivity index (χ3n) is 3.54. The van der Waals surface area contributed by atoms with Gasteiger partial charge in [0.25, 0.3) is 0 Å². The highest BCUT2D eigenvalue weighted by Gasteiger charge is 2.27. The van der Waals surface area contributed by atoms with E-state index in [0.29, 0.717) is 4.99 Å². The summed E-state index contributed by atoms with van der Waals surface area (Å²) in [6.07, 6.45) is 3.11. The largest absolute Gasteiger partial charge is 0.389 e. The fraction of sp³-hybridized carbons (Fsp3) is 0.429. The molecule has 0 radical (unpaired) electrons. The number of amides is 1. The number of hydrogen-bond donors (Lipinski definition) is 2. The molecule has 1 aromatic rings. The number of rotatable bonds is 3. The Hall–Kier alpha value is -1.62. The molecule has 1 aromatic carbocycles. The summed E-state index contributed by atoms with van der Waals surface area (Å²) >= 11 is 4.95. The summed E-state index contributed by atoms with van der Waals surface area (Å²) in [5.41, 5.74) is 7.50. The van der Waals surface area contributed by atoms with Crippen molar-refractivity contribution in [1.29, 1.82) is 0 Å². The second kappa shape index (κ2) is 6.02. The van der Waals surface area contributed by atoms with Crippen LogP contribution in [0.15, 0.2) is 24.3 Å². The fourth-order valence-electron chi connectivity index (χ4n) is 2.50. The molecule has 0 aliphatic carbocycles. The molecule has 2 rings (SSSR count). The van der Waals surface area contributed by atoms with E-state index in [1.165, 1.54) is 0 Å². The molecule has 1 amide bonds. The first kappa shape index (κ1) is 13.8. The average molecular weight is 277 g/mol. The van der Waals surface area contributed by atoms with Gasteiger partial charge in [-0.2, -0.15) is 0 Å². The van der Waals surface area contributed by atoms with Crippen LogP contribution in [0.5, 0.6) is 0 Å². The lowest BCUT2D eigenvalue weighted by molar-refractivity contribution is -0.122. The van der Waals surface area contributed by atoms with Gasteiger partial charge in [-0.1, -0.05) is 12.2 Å². The summed E-state index contributed by atoms with van der Waals surface area (Å²) < 4.78 is 0. The number of carbonyl (C=O) groups excluding carboxylic acids is 1. The second-order valence-electron chi connectivity index (χ2n) is 4.73. The first-order valence-corrected chi connectivity index (χ1v) is 6.92. The van der Waals surface area contributed by atoms with Crippen LogP contribution in [-0.4, -0.2) is 30.5 Å². The molecule has 4 nitrogen and oxygen atoms in total. The van der Waals surface area contributed by atoms with Crippen molar-refractivity contribution in [3.05, 3.63) is 29.8 Å². The van der Waals surface area contributed by atoms with E-state index >= 15 is 0 Å². The number of hydrogen-bond acceptors (Lipinski definition) is 3. The Bertz CT molecular complexity index is 472. The summed E-state index contributed by atoms with van der Waals surface area (Å²) in [5.74, 6) is 0.0816. The molecule has 3 N–H and O–H groups in total. The Morgan fingerprint density at radius 3 is 2.63 bits per heavy atom. The minimum absolute atomic E-state index is 0.0746. The molecule has 1 unspecified atom stereocenters. The van der Waals surface area contributed by atoms with Crippen LogP contribution in [0.3, 0.4) is 0 Å². The van der Waals surface area contributed by atoms with E-state index in [1.54, 1.807) is 7.05 Å². The van der Waals surface area contributed by atoms with E-state index < -0.39 is 0 Å². The van der Waals surface area contributed by atoms with Gasteiger partial charge in [0, 0.05) is 24.8 Å². The number of piperidine rings is 1. The van der Waals surface area contributed by atoms with Gasteiger partial charge in [-0.3, -0.25) is 4.79 Å². The van der Waals surface area contributed by atoms with E-state index in [2.05, 4.69) is 10.2 Å². The third-order valence-corrected chi connectivity index (χ3v) is 3.77. The molecule has 1 saturated heterocycles. The summed E-state index contributed by atoms with van der Waals surface area (Å²) in [6.45, 7) is 0.907. The molecule has 0 spiro atoms. The van der Waals surface area contributed by atoms with Gasteiger partial charge < -0.3 is 16.0 Å². The SMILES string of the molecule is CNC(=O)C1CCCCN1c1ccc(C(N)=S)cc1. The number of carbonyl (C=O) groups is 1. The number of thiocarbonyl (C=S) groups is 1. The number of anilines is 1. The zero-order chi connectivity index (χ0) is 13.8. The number of benzene rings is 1. The molecule has 102 valence electrons. The van der Waals surface area contributed by atoms with Crippen LogP contribution in [0.25, 0.3) is 0 Å². The lowest BCUT2D eigenvalue weighted by Crippen LogP contribution is -2.48. The fourth-order valence-corrected chi connectivity index (χ4v) is 2.63. The Kier molecular flexibility index (Phi) is 4.37. The summed E-state index contributed by atoms with van der Waals surface area (Å²) in [7, 11) is 1.69. The van der Waals surface area contributed by atoms with Crippen LogP contribution in [-0.2, 0) is 4.79 Å². The van der Waals surface area contributed by atoms with Gasteiger partial charge in [0.05, 0.1) is 0 Å². The topological polar surface area (TPSA) is 58.4 Å². The van der Waals surface area contributed by atoms with Crippen molar-refractivity contribution in [3.8, 4) is 0 Å². The summed E-state index contributed by atoms with van der Waals surface area (Å²) in [4.78, 5) is 14.5. The lowest BCUT2D eigenvalue weighted by Gasteiger charge is -2.36. The van der Waals surface area contributed by atoms with Crippen LogP contribution < -0.4 is 16.0 Å². The predicted octanol–water partition coefficient (Wildman–Crippen LogP) is 1.43. The van der Waals surface area contributed by atoms with Crippen LogP contribution in [0.4, 0.5) is 5.69 Å². The van der Waals surface area contributed by atoms with E-state index in [9.17, 15) is 4.79 Å². The molecule has 5 heteroatoms. The lowest BCUT2D eigenvalue weighted by atomic mass is 10.00. The minimum atomic E-state index is -0.0746. The molecule has 1 aliphatic rings. The van der Waals surface area contributed by atoms with Gasteiger partial charge in [-0.15, -0.1) is 0 Å². The van der Waals surface area contributed by atoms with Crippen molar-refractivity contribution < 1.29 is 4.79 Å². The van der Waals surface area contributed by atoms with Crippen molar-refractivity contribution in [2.45, 2.75) is 25.3 Å². The van der Waals surface area contributed by atoms with E-state index in [1.807, 2.05) is 24.3 Å². The van der Waals surface area contributed by atoms with Gasteiger partial charge in [-0.25, -0.2) is 0 Å². The number of nitrogens with zero attached hydrogens (tertiary/aromatic N) is 1. The second-order valence-corrected chi connectivity index (χ2v) is 5.17. The highest BCUT2D eigenvalue weighted by Crippen LogP contribution is 2.25. The predicted molar refractivity (Wildman–Crippen MR) is 81.4 cm³/mol. The van der Waals surface area contributed by atoms with E-state index in [-0.39, 0.29) is 11.9 Å². The van der Waals surface area contributed by atoms with Crippen LogP contribution in [0.2, 0.25) is 0 Å². The molecule has 1 aliphatic heterocycles. The molecule has 0 aromatic heterocycles. The van der Waals surface area contributed by atoms with Gasteiger partial charge in [0.1, 0.15) is 11.0 Å². The van der Waals surface area contributed by atoms with Crippen molar-refractivity contribution >= 4 is 28.8 Å². The quantitative estimate of drug-likeness (QED) is 0.821. The monoisotopic (exact) mass is 277 g/mol. The van der Waals surface area contributed by atoms with Gasteiger partial charge >= 0.3 is 0 Å². The summed E-state index contributed by atoms with van der Waals surface area (Å²) in [6, 6.07) is 7.71. The Morgan fingerprint density at radius 1 is 1.37 bits per heavy atom. The molecule has 0 saturated carbocycles. The van der Waals surface area contributed by atoms with Gasteiger partial charge in [0.2, 0.25) is 5.91 Å². The first-order valence-electron chi connectivity index (χ1n) is 6.51. The van der Waals surface area contributed by atoms with Crippen molar-refractivity contribution in [1.82, 2.24) is 5.32 Å². The van der Waals surface area contributed by atoms with Crippen molar-refractivity contribution in [3.63, 3.8) is 0 Å². The van der Waals surface area contributed by atoms with Crippen molar-refractivity contribution in [2.24, 2.45) is 5.73 Å². The maximum absolute atomic E-state index is 11.9. The molecular formula is C14H19N3OS. The van der Waals surface area contributed by atoms with Gasteiger partial charge in [0.15, 0.2) is 0 Å². The standard InChI is InChI=1S/C14H19N3OS/c1-16-14(18)12-4-2-3-9-17(12)11-7-5-10(6-8-11)13(15)19/h5-8,12H,2-4,9H2,1H3,(H2,15,19)(H,16,18). The Morgan fingerprint density at radius 2 is 2.05 bits per heavy atom. The Balaban J connectivity index is 2.22.